The molecule has 5 heteroatoms. The number of hydrogen-bond donors (Lipinski definition) is 2. The van der Waals surface area contributed by atoms with Crippen LogP contribution in [0.2, 0.25) is 5.02 Å². The Bertz CT molecular complexity index is 683. The normalized spacial score (nSPS) is 12.5. The zero-order valence-corrected chi connectivity index (χ0v) is 14.1. The second-order valence-corrected chi connectivity index (χ2v) is 6.30. The largest absolute Gasteiger partial charge is 0.506 e. The van der Waals surface area contributed by atoms with Crippen LogP contribution in [0.1, 0.15) is 25.5 Å². The van der Waals surface area contributed by atoms with Crippen LogP contribution in [0.5, 0.6) is 5.75 Å². The number of benzene rings is 2. The zero-order valence-electron chi connectivity index (χ0n) is 13.3. The lowest BCUT2D eigenvalue weighted by Gasteiger charge is -2.33. The van der Waals surface area contributed by atoms with Crippen molar-refractivity contribution < 1.29 is 14.6 Å². The Morgan fingerprint density at radius 2 is 1.78 bits per heavy atom. The summed E-state index contributed by atoms with van der Waals surface area (Å²) in [7, 11) is 1.36. The van der Waals surface area contributed by atoms with Crippen LogP contribution in [0.4, 0.5) is 5.69 Å². The molecule has 0 radical (unpaired) electrons. The monoisotopic (exact) mass is 333 g/mol. The van der Waals surface area contributed by atoms with E-state index in [4.69, 9.17) is 16.3 Å². The van der Waals surface area contributed by atoms with Crippen molar-refractivity contribution in [3.63, 3.8) is 0 Å². The molecule has 23 heavy (non-hydrogen) atoms. The molecule has 0 fully saturated rings. The van der Waals surface area contributed by atoms with Crippen molar-refractivity contribution in [2.45, 2.75) is 19.9 Å². The number of ether oxygens (including phenoxy) is 1. The van der Waals surface area contributed by atoms with E-state index in [2.05, 4.69) is 5.32 Å². The van der Waals surface area contributed by atoms with Gasteiger partial charge in [0, 0.05) is 5.02 Å². The molecule has 2 aromatic carbocycles. The van der Waals surface area contributed by atoms with E-state index in [1.807, 2.05) is 18.2 Å². The smallest absolute Gasteiger partial charge is 0.313 e. The minimum Gasteiger partial charge on any atom is -0.506 e. The highest BCUT2D eigenvalue weighted by atomic mass is 35.5. The van der Waals surface area contributed by atoms with Crippen LogP contribution in [0.15, 0.2) is 48.5 Å². The molecule has 122 valence electrons. The van der Waals surface area contributed by atoms with Crippen molar-refractivity contribution in [1.82, 2.24) is 0 Å². The van der Waals surface area contributed by atoms with E-state index in [-0.39, 0.29) is 11.7 Å². The van der Waals surface area contributed by atoms with Gasteiger partial charge in [-0.3, -0.25) is 4.79 Å². The number of rotatable bonds is 5. The molecule has 0 heterocycles. The summed E-state index contributed by atoms with van der Waals surface area (Å²) < 4.78 is 4.94. The Morgan fingerprint density at radius 1 is 1.17 bits per heavy atom. The molecule has 1 atom stereocenters. The van der Waals surface area contributed by atoms with Crippen LogP contribution in [0, 0.1) is 5.41 Å². The number of phenolic OH excluding ortho intramolecular Hbond substituents is 1. The second kappa shape index (κ2) is 6.92. The summed E-state index contributed by atoms with van der Waals surface area (Å²) >= 11 is 5.95. The third-order valence-corrected chi connectivity index (χ3v) is 4.09. The molecular weight excluding hydrogens is 314 g/mol. The van der Waals surface area contributed by atoms with Crippen LogP contribution in [0.3, 0.4) is 0 Å². The van der Waals surface area contributed by atoms with Gasteiger partial charge in [-0.2, -0.15) is 0 Å². The first kappa shape index (κ1) is 17.2. The Balaban J connectivity index is 2.45. The lowest BCUT2D eigenvalue weighted by Crippen LogP contribution is -2.36. The molecule has 2 aromatic rings. The van der Waals surface area contributed by atoms with Crippen molar-refractivity contribution in [2.24, 2.45) is 5.41 Å². The molecule has 0 aliphatic rings. The summed E-state index contributed by atoms with van der Waals surface area (Å²) in [6.07, 6.45) is 0. The van der Waals surface area contributed by atoms with E-state index in [0.717, 1.165) is 5.56 Å². The van der Waals surface area contributed by atoms with E-state index in [9.17, 15) is 9.90 Å². The number of carbonyl (C=O) groups excluding carboxylic acids is 1. The lowest BCUT2D eigenvalue weighted by atomic mass is 9.80. The number of aromatic hydroxyl groups is 1. The highest BCUT2D eigenvalue weighted by Crippen LogP contribution is 2.39. The minimum atomic E-state index is -0.856. The van der Waals surface area contributed by atoms with Crippen molar-refractivity contribution in [3.05, 3.63) is 59.1 Å². The standard InChI is InChI=1S/C18H20ClNO3/c1-18(2,17(22)23-3)16(12-8-10-13(19)11-9-12)20-14-6-4-5-7-15(14)21/h4-11,16,20-21H,1-3H3/t16-/m1/s1. The quantitative estimate of drug-likeness (QED) is 0.629. The molecule has 0 spiro atoms. The van der Waals surface area contributed by atoms with Crippen molar-refractivity contribution in [2.75, 3.05) is 12.4 Å². The summed E-state index contributed by atoms with van der Waals surface area (Å²) in [5.41, 5.74) is 0.558. The molecular formula is C18H20ClNO3. The van der Waals surface area contributed by atoms with Gasteiger partial charge in [0.15, 0.2) is 0 Å². The highest BCUT2D eigenvalue weighted by Gasteiger charge is 2.39. The number of nitrogens with one attached hydrogen (secondary N) is 1. The van der Waals surface area contributed by atoms with Gasteiger partial charge in [-0.05, 0) is 43.7 Å². The van der Waals surface area contributed by atoms with Gasteiger partial charge in [-0.25, -0.2) is 0 Å². The van der Waals surface area contributed by atoms with E-state index in [1.165, 1.54) is 7.11 Å². The van der Waals surface area contributed by atoms with Crippen LogP contribution in [-0.4, -0.2) is 18.2 Å². The first-order valence-electron chi connectivity index (χ1n) is 7.24. The first-order valence-corrected chi connectivity index (χ1v) is 7.62. The number of para-hydroxylation sites is 2. The lowest BCUT2D eigenvalue weighted by molar-refractivity contribution is -0.151. The predicted molar refractivity (Wildman–Crippen MR) is 91.7 cm³/mol. The van der Waals surface area contributed by atoms with Gasteiger partial charge in [0.25, 0.3) is 0 Å². The van der Waals surface area contributed by atoms with Gasteiger partial charge in [0.2, 0.25) is 0 Å². The van der Waals surface area contributed by atoms with Gasteiger partial charge in [0.1, 0.15) is 5.75 Å². The number of halogens is 1. The maximum Gasteiger partial charge on any atom is 0.313 e. The number of phenols is 1. The first-order chi connectivity index (χ1) is 10.9. The van der Waals surface area contributed by atoms with Crippen molar-refractivity contribution >= 4 is 23.3 Å². The van der Waals surface area contributed by atoms with Crippen molar-refractivity contribution in [3.8, 4) is 5.75 Å². The molecule has 2 N–H and O–H groups in total. The van der Waals surface area contributed by atoms with Crippen LogP contribution >= 0.6 is 11.6 Å². The maximum absolute atomic E-state index is 12.2. The average molecular weight is 334 g/mol. The van der Waals surface area contributed by atoms with E-state index < -0.39 is 11.5 Å². The van der Waals surface area contributed by atoms with Gasteiger partial charge in [-0.1, -0.05) is 35.9 Å². The summed E-state index contributed by atoms with van der Waals surface area (Å²) in [6, 6.07) is 13.7. The molecule has 0 amide bonds. The summed E-state index contributed by atoms with van der Waals surface area (Å²) in [6.45, 7) is 3.59. The minimum absolute atomic E-state index is 0.118. The summed E-state index contributed by atoms with van der Waals surface area (Å²) in [5.74, 6) is -0.229. The Kier molecular flexibility index (Phi) is 5.16. The molecule has 4 nitrogen and oxygen atoms in total. The third-order valence-electron chi connectivity index (χ3n) is 3.84. The Labute approximate surface area is 141 Å². The molecule has 0 aliphatic heterocycles. The fourth-order valence-corrected chi connectivity index (χ4v) is 2.59. The SMILES string of the molecule is COC(=O)C(C)(C)[C@H](Nc1ccccc1O)c1ccc(Cl)cc1. The molecule has 2 rings (SSSR count). The topological polar surface area (TPSA) is 58.6 Å². The van der Waals surface area contributed by atoms with Gasteiger partial charge in [0.05, 0.1) is 24.3 Å². The van der Waals surface area contributed by atoms with E-state index in [0.29, 0.717) is 10.7 Å². The van der Waals surface area contributed by atoms with Gasteiger partial charge >= 0.3 is 5.97 Å². The Hall–Kier alpha value is -2.20. The fourth-order valence-electron chi connectivity index (χ4n) is 2.47. The number of hydrogen-bond acceptors (Lipinski definition) is 4. The number of methoxy groups -OCH3 is 1. The molecule has 0 aromatic heterocycles. The maximum atomic E-state index is 12.2. The zero-order chi connectivity index (χ0) is 17.0. The Morgan fingerprint density at radius 3 is 2.35 bits per heavy atom. The van der Waals surface area contributed by atoms with Crippen LogP contribution < -0.4 is 5.32 Å². The average Bonchev–Trinajstić information content (AvgIpc) is 2.54. The predicted octanol–water partition coefficient (Wildman–Crippen LogP) is 4.40. The fraction of sp³-hybridized carbons (Fsp3) is 0.278. The second-order valence-electron chi connectivity index (χ2n) is 5.86. The molecule has 0 saturated carbocycles. The van der Waals surface area contributed by atoms with Crippen LogP contribution in [-0.2, 0) is 9.53 Å². The van der Waals surface area contributed by atoms with E-state index >= 15 is 0 Å². The highest BCUT2D eigenvalue weighted by molar-refractivity contribution is 6.30. The number of esters is 1. The molecule has 0 aliphatic carbocycles. The number of anilines is 1. The molecule has 0 saturated heterocycles. The molecule has 0 bridgehead atoms. The van der Waals surface area contributed by atoms with Crippen molar-refractivity contribution in [1.29, 1.82) is 0 Å². The summed E-state index contributed by atoms with van der Waals surface area (Å²) in [4.78, 5) is 12.2. The summed E-state index contributed by atoms with van der Waals surface area (Å²) in [5, 5.41) is 13.9. The number of carbonyl (C=O) groups is 1. The molecule has 0 unspecified atom stereocenters. The van der Waals surface area contributed by atoms with Gasteiger partial charge < -0.3 is 15.2 Å². The van der Waals surface area contributed by atoms with Crippen LogP contribution in [0.25, 0.3) is 0 Å². The van der Waals surface area contributed by atoms with E-state index in [1.54, 1.807) is 44.2 Å². The third kappa shape index (κ3) is 3.77. The van der Waals surface area contributed by atoms with Gasteiger partial charge in [-0.15, -0.1) is 0 Å².